The molecular formula is C22H25NO3. The number of hydrogen-bond acceptors (Lipinski definition) is 3. The molecule has 4 nitrogen and oxygen atoms in total. The summed E-state index contributed by atoms with van der Waals surface area (Å²) in [7, 11) is 0. The Morgan fingerprint density at radius 2 is 1.58 bits per heavy atom. The Balaban J connectivity index is 1.71. The molecule has 1 amide bonds. The Bertz CT molecular complexity index is 690. The summed E-state index contributed by atoms with van der Waals surface area (Å²) < 4.78 is 5.45. The summed E-state index contributed by atoms with van der Waals surface area (Å²) in [6.45, 7) is 2.60. The van der Waals surface area contributed by atoms with Crippen LogP contribution in [0.5, 0.6) is 0 Å². The van der Waals surface area contributed by atoms with Gasteiger partial charge < -0.3 is 9.64 Å². The van der Waals surface area contributed by atoms with Crippen LogP contribution in [0, 0.1) is 0 Å². The quantitative estimate of drug-likeness (QED) is 0.771. The molecule has 1 heterocycles. The van der Waals surface area contributed by atoms with Gasteiger partial charge in [0.1, 0.15) is 5.92 Å². The topological polar surface area (TPSA) is 46.6 Å². The Hall–Kier alpha value is -2.62. The highest BCUT2D eigenvalue weighted by molar-refractivity contribution is 5.85. The monoisotopic (exact) mass is 351 g/mol. The second-order valence-electron chi connectivity index (χ2n) is 6.79. The number of benzene rings is 2. The smallest absolute Gasteiger partial charge is 0.318 e. The first kappa shape index (κ1) is 18.2. The van der Waals surface area contributed by atoms with Crippen LogP contribution >= 0.6 is 0 Å². The molecule has 0 bridgehead atoms. The largest absolute Gasteiger partial charge is 0.455 e. The van der Waals surface area contributed by atoms with E-state index < -0.39 is 5.92 Å². The van der Waals surface area contributed by atoms with Gasteiger partial charge in [-0.3, -0.25) is 9.59 Å². The van der Waals surface area contributed by atoms with Gasteiger partial charge in [-0.1, -0.05) is 60.7 Å². The van der Waals surface area contributed by atoms with Crippen molar-refractivity contribution >= 4 is 11.9 Å². The molecule has 0 aliphatic carbocycles. The summed E-state index contributed by atoms with van der Waals surface area (Å²) >= 11 is 0. The molecule has 1 unspecified atom stereocenters. The number of esters is 1. The van der Waals surface area contributed by atoms with E-state index >= 15 is 0 Å². The molecule has 3 rings (SSSR count). The zero-order chi connectivity index (χ0) is 18.4. The van der Waals surface area contributed by atoms with Gasteiger partial charge in [0.25, 0.3) is 5.91 Å². The SMILES string of the molecule is CC1CCCCN1C(=O)COC(=O)C(c1ccccc1)c1ccccc1. The van der Waals surface area contributed by atoms with Crippen molar-refractivity contribution in [2.24, 2.45) is 0 Å². The molecule has 26 heavy (non-hydrogen) atoms. The van der Waals surface area contributed by atoms with Gasteiger partial charge in [-0.2, -0.15) is 0 Å². The van der Waals surface area contributed by atoms with Crippen LogP contribution in [-0.2, 0) is 14.3 Å². The summed E-state index contributed by atoms with van der Waals surface area (Å²) in [5, 5.41) is 0. The molecule has 1 atom stereocenters. The highest BCUT2D eigenvalue weighted by Crippen LogP contribution is 2.26. The van der Waals surface area contributed by atoms with Gasteiger partial charge in [-0.15, -0.1) is 0 Å². The van der Waals surface area contributed by atoms with E-state index in [1.54, 1.807) is 0 Å². The van der Waals surface area contributed by atoms with Gasteiger partial charge in [0.2, 0.25) is 0 Å². The number of ether oxygens (including phenoxy) is 1. The average Bonchev–Trinajstić information content (AvgIpc) is 2.68. The van der Waals surface area contributed by atoms with Crippen molar-refractivity contribution in [1.82, 2.24) is 4.90 Å². The van der Waals surface area contributed by atoms with Gasteiger partial charge in [-0.25, -0.2) is 0 Å². The third kappa shape index (κ3) is 4.31. The molecule has 0 N–H and O–H groups in total. The van der Waals surface area contributed by atoms with Crippen molar-refractivity contribution in [2.45, 2.75) is 38.1 Å². The first-order valence-electron chi connectivity index (χ1n) is 9.23. The van der Waals surface area contributed by atoms with Crippen LogP contribution in [0.4, 0.5) is 0 Å². The van der Waals surface area contributed by atoms with E-state index in [0.29, 0.717) is 0 Å². The molecule has 1 aliphatic rings. The molecule has 1 saturated heterocycles. The predicted octanol–water partition coefficient (Wildman–Crippen LogP) is 3.76. The number of nitrogens with zero attached hydrogens (tertiary/aromatic N) is 1. The summed E-state index contributed by atoms with van der Waals surface area (Å²) in [6, 6.07) is 19.3. The van der Waals surface area contributed by atoms with Crippen molar-refractivity contribution < 1.29 is 14.3 Å². The van der Waals surface area contributed by atoms with Gasteiger partial charge in [0, 0.05) is 12.6 Å². The normalized spacial score (nSPS) is 17.2. The predicted molar refractivity (Wildman–Crippen MR) is 101 cm³/mol. The first-order chi connectivity index (χ1) is 12.7. The molecule has 2 aromatic rings. The van der Waals surface area contributed by atoms with E-state index in [2.05, 4.69) is 6.92 Å². The third-order valence-electron chi connectivity index (χ3n) is 4.96. The fourth-order valence-electron chi connectivity index (χ4n) is 3.52. The number of carbonyl (C=O) groups is 2. The minimum Gasteiger partial charge on any atom is -0.455 e. The number of amides is 1. The Morgan fingerprint density at radius 3 is 2.12 bits per heavy atom. The Morgan fingerprint density at radius 1 is 1.00 bits per heavy atom. The van der Waals surface area contributed by atoms with Crippen LogP contribution in [-0.4, -0.2) is 36.0 Å². The van der Waals surface area contributed by atoms with E-state index in [-0.39, 0.29) is 24.5 Å². The van der Waals surface area contributed by atoms with Crippen LogP contribution < -0.4 is 0 Å². The minimum absolute atomic E-state index is 0.106. The van der Waals surface area contributed by atoms with Crippen LogP contribution in [0.2, 0.25) is 0 Å². The lowest BCUT2D eigenvalue weighted by Gasteiger charge is -2.33. The van der Waals surface area contributed by atoms with Crippen molar-refractivity contribution in [3.05, 3.63) is 71.8 Å². The van der Waals surface area contributed by atoms with Crippen molar-refractivity contribution in [3.8, 4) is 0 Å². The summed E-state index contributed by atoms with van der Waals surface area (Å²) in [5.74, 6) is -1.02. The zero-order valence-corrected chi connectivity index (χ0v) is 15.1. The van der Waals surface area contributed by atoms with Gasteiger partial charge in [-0.05, 0) is 37.3 Å². The van der Waals surface area contributed by atoms with E-state index in [9.17, 15) is 9.59 Å². The van der Waals surface area contributed by atoms with Crippen molar-refractivity contribution in [2.75, 3.05) is 13.2 Å². The molecule has 4 heteroatoms. The average molecular weight is 351 g/mol. The summed E-state index contributed by atoms with van der Waals surface area (Å²) in [5.41, 5.74) is 1.73. The van der Waals surface area contributed by atoms with Gasteiger partial charge in [0.15, 0.2) is 6.61 Å². The van der Waals surface area contributed by atoms with Crippen LogP contribution in [0.25, 0.3) is 0 Å². The number of piperidine rings is 1. The van der Waals surface area contributed by atoms with Crippen molar-refractivity contribution in [1.29, 1.82) is 0 Å². The first-order valence-corrected chi connectivity index (χ1v) is 9.23. The second kappa shape index (κ2) is 8.65. The maximum atomic E-state index is 12.8. The van der Waals surface area contributed by atoms with Gasteiger partial charge >= 0.3 is 5.97 Å². The van der Waals surface area contributed by atoms with Crippen molar-refractivity contribution in [3.63, 3.8) is 0 Å². The zero-order valence-electron chi connectivity index (χ0n) is 15.1. The molecule has 0 saturated carbocycles. The lowest BCUT2D eigenvalue weighted by molar-refractivity contribution is -0.154. The highest BCUT2D eigenvalue weighted by atomic mass is 16.5. The lowest BCUT2D eigenvalue weighted by Crippen LogP contribution is -2.44. The van der Waals surface area contributed by atoms with Crippen LogP contribution in [0.3, 0.4) is 0 Å². The van der Waals surface area contributed by atoms with Gasteiger partial charge in [0.05, 0.1) is 0 Å². The fourth-order valence-corrected chi connectivity index (χ4v) is 3.52. The van der Waals surface area contributed by atoms with E-state index in [0.717, 1.165) is 36.9 Å². The molecule has 1 aliphatic heterocycles. The minimum atomic E-state index is -0.524. The molecule has 0 aromatic heterocycles. The molecule has 1 fully saturated rings. The Labute approximate surface area is 154 Å². The van der Waals surface area contributed by atoms with E-state index in [1.807, 2.05) is 65.6 Å². The Kier molecular flexibility index (Phi) is 6.05. The van der Waals surface area contributed by atoms with E-state index in [4.69, 9.17) is 4.74 Å². The molecule has 0 radical (unpaired) electrons. The molecule has 0 spiro atoms. The van der Waals surface area contributed by atoms with Crippen LogP contribution in [0.15, 0.2) is 60.7 Å². The number of rotatable bonds is 5. The third-order valence-corrected chi connectivity index (χ3v) is 4.96. The molecule has 136 valence electrons. The molecular weight excluding hydrogens is 326 g/mol. The molecule has 2 aromatic carbocycles. The summed E-state index contributed by atoms with van der Waals surface area (Å²) in [4.78, 5) is 27.1. The number of carbonyl (C=O) groups excluding carboxylic acids is 2. The highest BCUT2D eigenvalue weighted by Gasteiger charge is 2.27. The number of hydrogen-bond donors (Lipinski definition) is 0. The lowest BCUT2D eigenvalue weighted by atomic mass is 9.91. The van der Waals surface area contributed by atoms with E-state index in [1.165, 1.54) is 0 Å². The van der Waals surface area contributed by atoms with Crippen LogP contribution in [0.1, 0.15) is 43.2 Å². The summed E-state index contributed by atoms with van der Waals surface area (Å²) in [6.07, 6.45) is 3.17. The second-order valence-corrected chi connectivity index (χ2v) is 6.79. The fraction of sp³-hybridized carbons (Fsp3) is 0.364. The number of likely N-dealkylation sites (tertiary alicyclic amines) is 1. The standard InChI is InChI=1S/C22H25NO3/c1-17-10-8-9-15-23(17)20(24)16-26-22(25)21(18-11-4-2-5-12-18)19-13-6-3-7-14-19/h2-7,11-14,17,21H,8-10,15-16H2,1H3. The maximum Gasteiger partial charge on any atom is 0.318 e. The maximum absolute atomic E-state index is 12.8.